The van der Waals surface area contributed by atoms with Crippen LogP contribution in [-0.4, -0.2) is 37.2 Å². The summed E-state index contributed by atoms with van der Waals surface area (Å²) >= 11 is 0. The van der Waals surface area contributed by atoms with Gasteiger partial charge in [0.2, 0.25) is 0 Å². The highest BCUT2D eigenvalue weighted by Gasteiger charge is 2.19. The molecule has 0 aliphatic rings. The maximum Gasteiger partial charge on any atom is 0.306 e. The zero-order valence-electron chi connectivity index (χ0n) is 49.6. The number of allylic oxidation sites excluding steroid dienone is 14. The number of carbonyl (C=O) groups is 3. The Labute approximate surface area is 465 Å². The van der Waals surface area contributed by atoms with E-state index in [1.54, 1.807) is 0 Å². The third-order valence-corrected chi connectivity index (χ3v) is 13.9. The number of esters is 3. The average molecular weight is 1050 g/mol. The Balaban J connectivity index is 4.29. The van der Waals surface area contributed by atoms with Crippen molar-refractivity contribution in [1.82, 2.24) is 0 Å². The van der Waals surface area contributed by atoms with E-state index in [9.17, 15) is 14.4 Å². The molecule has 0 aromatic heterocycles. The highest BCUT2D eigenvalue weighted by Crippen LogP contribution is 2.17. The van der Waals surface area contributed by atoms with E-state index in [0.717, 1.165) is 109 Å². The normalized spacial score (nSPS) is 12.6. The van der Waals surface area contributed by atoms with Gasteiger partial charge in [-0.3, -0.25) is 14.4 Å². The molecule has 432 valence electrons. The molecule has 0 amide bonds. The Bertz CT molecular complexity index is 1430. The van der Waals surface area contributed by atoms with Crippen LogP contribution >= 0.6 is 0 Å². The topological polar surface area (TPSA) is 78.9 Å². The van der Waals surface area contributed by atoms with Gasteiger partial charge in [-0.05, 0) is 77.0 Å². The molecule has 0 N–H and O–H groups in total. The van der Waals surface area contributed by atoms with E-state index in [1.165, 1.54) is 167 Å². The van der Waals surface area contributed by atoms with Crippen LogP contribution in [0.3, 0.4) is 0 Å². The molecule has 0 spiro atoms. The fourth-order valence-electron chi connectivity index (χ4n) is 9.13. The largest absolute Gasteiger partial charge is 0.462 e. The van der Waals surface area contributed by atoms with Crippen molar-refractivity contribution in [2.75, 3.05) is 13.2 Å². The minimum Gasteiger partial charge on any atom is -0.462 e. The minimum atomic E-state index is -0.778. The SMILES string of the molecule is CC/C=C\C/C=C\C/C=C\C/C=C\C/C=C\C/C=C\C/C=C\CCCCCCCCCC(=O)OCC(COC(=O)CCCCCCCCCCCCCCC)OC(=O)CCCCCCCCCCCCCCCCC. The maximum atomic E-state index is 12.9. The summed E-state index contributed by atoms with van der Waals surface area (Å²) in [5.74, 6) is -0.871. The molecule has 0 saturated carbocycles. The maximum absolute atomic E-state index is 12.9. The Hall–Kier alpha value is -3.41. The number of unbranched alkanes of at least 4 members (excludes halogenated alkanes) is 33. The molecule has 0 aromatic carbocycles. The summed E-state index contributed by atoms with van der Waals surface area (Å²) in [6.45, 7) is 6.55. The zero-order chi connectivity index (χ0) is 54.3. The van der Waals surface area contributed by atoms with Crippen molar-refractivity contribution in [3.05, 3.63) is 85.1 Å². The van der Waals surface area contributed by atoms with Gasteiger partial charge in [0, 0.05) is 19.3 Å². The number of rotatable bonds is 58. The van der Waals surface area contributed by atoms with E-state index in [1.807, 2.05) is 0 Å². The van der Waals surface area contributed by atoms with E-state index >= 15 is 0 Å². The van der Waals surface area contributed by atoms with Gasteiger partial charge in [-0.15, -0.1) is 0 Å². The van der Waals surface area contributed by atoms with E-state index in [0.29, 0.717) is 19.3 Å². The second-order valence-corrected chi connectivity index (χ2v) is 21.3. The van der Waals surface area contributed by atoms with Crippen LogP contribution in [0.5, 0.6) is 0 Å². The summed E-state index contributed by atoms with van der Waals surface area (Å²) in [6.07, 6.45) is 83.0. The number of carbonyl (C=O) groups excluding carboxylic acids is 3. The Morgan fingerprint density at radius 3 is 0.813 bits per heavy atom. The van der Waals surface area contributed by atoms with Gasteiger partial charge in [-0.25, -0.2) is 0 Å². The van der Waals surface area contributed by atoms with Gasteiger partial charge in [-0.1, -0.05) is 305 Å². The molecule has 0 aliphatic heterocycles. The predicted octanol–water partition coefficient (Wildman–Crippen LogP) is 21.9. The van der Waals surface area contributed by atoms with E-state index < -0.39 is 6.10 Å². The molecular formula is C69H120O6. The second kappa shape index (κ2) is 63.1. The fraction of sp³-hybridized carbons (Fsp3) is 0.754. The summed E-state index contributed by atoms with van der Waals surface area (Å²) in [5, 5.41) is 0. The van der Waals surface area contributed by atoms with Gasteiger partial charge in [0.25, 0.3) is 0 Å². The van der Waals surface area contributed by atoms with Gasteiger partial charge in [-0.2, -0.15) is 0 Å². The summed E-state index contributed by atoms with van der Waals surface area (Å²) in [6, 6.07) is 0. The molecule has 0 aliphatic carbocycles. The van der Waals surface area contributed by atoms with Gasteiger partial charge < -0.3 is 14.2 Å². The van der Waals surface area contributed by atoms with Crippen LogP contribution in [0.15, 0.2) is 85.1 Å². The third kappa shape index (κ3) is 61.3. The van der Waals surface area contributed by atoms with Crippen LogP contribution in [0.1, 0.15) is 316 Å². The van der Waals surface area contributed by atoms with Crippen LogP contribution in [-0.2, 0) is 28.6 Å². The molecule has 0 heterocycles. The molecule has 0 saturated heterocycles. The quantitative estimate of drug-likeness (QED) is 0.0261. The molecule has 0 bridgehead atoms. The van der Waals surface area contributed by atoms with E-state index in [2.05, 4.69) is 106 Å². The van der Waals surface area contributed by atoms with Crippen LogP contribution in [0.25, 0.3) is 0 Å². The van der Waals surface area contributed by atoms with E-state index in [4.69, 9.17) is 14.2 Å². The second-order valence-electron chi connectivity index (χ2n) is 21.3. The molecule has 6 nitrogen and oxygen atoms in total. The lowest BCUT2D eigenvalue weighted by molar-refractivity contribution is -0.167. The summed E-state index contributed by atoms with van der Waals surface area (Å²) in [7, 11) is 0. The van der Waals surface area contributed by atoms with Gasteiger partial charge in [0.15, 0.2) is 6.10 Å². The first-order chi connectivity index (χ1) is 37.0. The fourth-order valence-corrected chi connectivity index (χ4v) is 9.13. The van der Waals surface area contributed by atoms with E-state index in [-0.39, 0.29) is 31.1 Å². The summed E-state index contributed by atoms with van der Waals surface area (Å²) in [5.41, 5.74) is 0. The van der Waals surface area contributed by atoms with Crippen LogP contribution in [0.4, 0.5) is 0 Å². The van der Waals surface area contributed by atoms with Crippen molar-refractivity contribution in [3.8, 4) is 0 Å². The zero-order valence-corrected chi connectivity index (χ0v) is 49.6. The van der Waals surface area contributed by atoms with Crippen molar-refractivity contribution in [2.45, 2.75) is 322 Å². The molecule has 6 heteroatoms. The Morgan fingerprint density at radius 2 is 0.520 bits per heavy atom. The van der Waals surface area contributed by atoms with Gasteiger partial charge in [0.1, 0.15) is 13.2 Å². The molecule has 0 radical (unpaired) electrons. The first-order valence-electron chi connectivity index (χ1n) is 32.1. The third-order valence-electron chi connectivity index (χ3n) is 13.9. The predicted molar refractivity (Wildman–Crippen MR) is 325 cm³/mol. The highest BCUT2D eigenvalue weighted by molar-refractivity contribution is 5.71. The number of ether oxygens (including phenoxy) is 3. The highest BCUT2D eigenvalue weighted by atomic mass is 16.6. The van der Waals surface area contributed by atoms with Crippen molar-refractivity contribution in [3.63, 3.8) is 0 Å². The lowest BCUT2D eigenvalue weighted by atomic mass is 10.0. The Morgan fingerprint density at radius 1 is 0.280 bits per heavy atom. The lowest BCUT2D eigenvalue weighted by Gasteiger charge is -2.18. The Kier molecular flexibility index (Phi) is 60.3. The monoisotopic (exact) mass is 1040 g/mol. The first-order valence-corrected chi connectivity index (χ1v) is 32.1. The molecule has 1 unspecified atom stereocenters. The van der Waals surface area contributed by atoms with Crippen LogP contribution < -0.4 is 0 Å². The first kappa shape index (κ1) is 71.6. The summed E-state index contributed by atoms with van der Waals surface area (Å²) < 4.78 is 16.9. The van der Waals surface area contributed by atoms with Gasteiger partial charge >= 0.3 is 17.9 Å². The molecular weight excluding hydrogens is 925 g/mol. The average Bonchev–Trinajstić information content (AvgIpc) is 3.41. The molecule has 0 aromatic rings. The summed E-state index contributed by atoms with van der Waals surface area (Å²) in [4.78, 5) is 38.3. The molecule has 0 rings (SSSR count). The van der Waals surface area contributed by atoms with Crippen LogP contribution in [0, 0.1) is 0 Å². The number of hydrogen-bond acceptors (Lipinski definition) is 6. The van der Waals surface area contributed by atoms with Gasteiger partial charge in [0.05, 0.1) is 0 Å². The minimum absolute atomic E-state index is 0.0750. The molecule has 1 atom stereocenters. The number of hydrogen-bond donors (Lipinski definition) is 0. The molecule has 75 heavy (non-hydrogen) atoms. The van der Waals surface area contributed by atoms with Crippen LogP contribution in [0.2, 0.25) is 0 Å². The van der Waals surface area contributed by atoms with Crippen molar-refractivity contribution < 1.29 is 28.6 Å². The lowest BCUT2D eigenvalue weighted by Crippen LogP contribution is -2.30. The molecule has 0 fully saturated rings. The smallest absolute Gasteiger partial charge is 0.306 e. The van der Waals surface area contributed by atoms with Crippen molar-refractivity contribution in [2.24, 2.45) is 0 Å². The van der Waals surface area contributed by atoms with Crippen molar-refractivity contribution in [1.29, 1.82) is 0 Å². The standard InChI is InChI=1S/C69H120O6/c1-4-7-10-13-16-19-22-25-27-28-29-30-31-32-33-34-35-36-37-38-39-40-42-44-47-50-53-56-59-62-68(71)74-65-66(64-73-67(70)61-58-55-52-49-46-43-24-21-18-15-12-9-6-3)75-69(72)63-60-57-54-51-48-45-41-26-23-20-17-14-11-8-5-2/h7,10,16,19,25,27,29-30,32-33,35-36,38-39,66H,4-6,8-9,11-15,17-18,20-24,26,28,31,34,37,40-65H2,1-3H3/b10-7-,19-16-,27-25-,30-29-,33-32-,36-35-,39-38-. The van der Waals surface area contributed by atoms with Crippen molar-refractivity contribution >= 4 is 17.9 Å².